The Morgan fingerprint density at radius 2 is 2.16 bits per heavy atom. The number of hydrogen-bond donors (Lipinski definition) is 1. The molecule has 2 aromatic heterocycles. The molecule has 1 fully saturated rings. The van der Waals surface area contributed by atoms with Crippen LogP contribution in [-0.4, -0.2) is 20.7 Å². The maximum Gasteiger partial charge on any atom is 0.414 e. The number of nitrogens with zero attached hydrogens (tertiary/aromatic N) is 3. The van der Waals surface area contributed by atoms with E-state index in [1.807, 2.05) is 12.1 Å². The molecule has 1 N–H and O–H groups in total. The number of benzene rings is 1. The number of carbonyl (C=O) groups excluding carboxylic acids is 1. The molecule has 128 valence electrons. The second kappa shape index (κ2) is 6.54. The molecule has 1 amide bonds. The van der Waals surface area contributed by atoms with Crippen LogP contribution in [0.1, 0.15) is 29.9 Å². The van der Waals surface area contributed by atoms with E-state index < -0.39 is 6.09 Å². The van der Waals surface area contributed by atoms with Crippen molar-refractivity contribution in [1.82, 2.24) is 19.9 Å². The molecule has 4 rings (SSSR count). The van der Waals surface area contributed by atoms with E-state index in [0.29, 0.717) is 23.1 Å². The minimum absolute atomic E-state index is 0.227. The van der Waals surface area contributed by atoms with Crippen LogP contribution in [0.15, 0.2) is 36.5 Å². The minimum Gasteiger partial charge on any atom is -0.391 e. The summed E-state index contributed by atoms with van der Waals surface area (Å²) < 4.78 is 6.87. The van der Waals surface area contributed by atoms with E-state index in [-0.39, 0.29) is 11.0 Å². The van der Waals surface area contributed by atoms with Gasteiger partial charge in [-0.2, -0.15) is 9.61 Å². The van der Waals surface area contributed by atoms with Gasteiger partial charge in [-0.1, -0.05) is 35.3 Å². The van der Waals surface area contributed by atoms with Crippen molar-refractivity contribution in [2.75, 3.05) is 0 Å². The first-order valence-corrected chi connectivity index (χ1v) is 8.60. The SMILES string of the molecule is O=C(NCc1cccc(Cl)c1)Oc1cc(Cl)nc2c(C3CC3)cnn12. The lowest BCUT2D eigenvalue weighted by Crippen LogP contribution is -2.27. The molecular weight excluding hydrogens is 363 g/mol. The van der Waals surface area contributed by atoms with Gasteiger partial charge in [0.15, 0.2) is 5.65 Å². The standard InChI is InChI=1S/C17H14Cl2N4O2/c18-12-3-1-2-10(6-12)8-20-17(24)25-15-7-14(19)22-16-13(11-4-5-11)9-21-23(15)16/h1-3,6-7,9,11H,4-5,8H2,(H,20,24). The van der Waals surface area contributed by atoms with E-state index >= 15 is 0 Å². The first kappa shape index (κ1) is 16.2. The van der Waals surface area contributed by atoms with Crippen LogP contribution in [0.25, 0.3) is 5.65 Å². The number of halogens is 2. The van der Waals surface area contributed by atoms with Gasteiger partial charge in [0.1, 0.15) is 5.15 Å². The van der Waals surface area contributed by atoms with Crippen molar-refractivity contribution >= 4 is 34.9 Å². The maximum absolute atomic E-state index is 12.1. The third kappa shape index (κ3) is 3.55. The molecule has 8 heteroatoms. The van der Waals surface area contributed by atoms with E-state index in [2.05, 4.69) is 15.4 Å². The van der Waals surface area contributed by atoms with Crippen LogP contribution in [0.3, 0.4) is 0 Å². The number of carbonyl (C=O) groups is 1. The van der Waals surface area contributed by atoms with Gasteiger partial charge in [0.2, 0.25) is 5.88 Å². The highest BCUT2D eigenvalue weighted by Gasteiger charge is 2.28. The molecule has 1 saturated carbocycles. The fourth-order valence-electron chi connectivity index (χ4n) is 2.63. The summed E-state index contributed by atoms with van der Waals surface area (Å²) in [4.78, 5) is 16.4. The van der Waals surface area contributed by atoms with Gasteiger partial charge in [0.25, 0.3) is 0 Å². The molecular formula is C17H14Cl2N4O2. The monoisotopic (exact) mass is 376 g/mol. The highest BCUT2D eigenvalue weighted by atomic mass is 35.5. The predicted octanol–water partition coefficient (Wildman–Crippen LogP) is 4.20. The number of hydrogen-bond acceptors (Lipinski definition) is 4. The average molecular weight is 377 g/mol. The van der Waals surface area contributed by atoms with E-state index in [1.54, 1.807) is 18.3 Å². The molecule has 1 aromatic carbocycles. The molecule has 0 unspecified atom stereocenters. The van der Waals surface area contributed by atoms with Crippen molar-refractivity contribution in [1.29, 1.82) is 0 Å². The molecule has 0 bridgehead atoms. The minimum atomic E-state index is -0.605. The van der Waals surface area contributed by atoms with E-state index in [4.69, 9.17) is 27.9 Å². The third-order valence-electron chi connectivity index (χ3n) is 3.98. The fourth-order valence-corrected chi connectivity index (χ4v) is 3.02. The number of ether oxygens (including phenoxy) is 1. The van der Waals surface area contributed by atoms with E-state index in [1.165, 1.54) is 10.6 Å². The van der Waals surface area contributed by atoms with E-state index in [9.17, 15) is 4.79 Å². The normalized spacial score (nSPS) is 13.8. The van der Waals surface area contributed by atoms with Crippen molar-refractivity contribution in [3.8, 4) is 5.88 Å². The topological polar surface area (TPSA) is 68.5 Å². The average Bonchev–Trinajstić information content (AvgIpc) is 3.33. The summed E-state index contributed by atoms with van der Waals surface area (Å²) in [6, 6.07) is 8.70. The Kier molecular flexibility index (Phi) is 4.23. The van der Waals surface area contributed by atoms with Gasteiger partial charge in [-0.3, -0.25) is 0 Å². The van der Waals surface area contributed by atoms with Gasteiger partial charge >= 0.3 is 6.09 Å². The van der Waals surface area contributed by atoms with Crippen LogP contribution >= 0.6 is 23.2 Å². The summed E-state index contributed by atoms with van der Waals surface area (Å²) in [5.41, 5.74) is 2.54. The van der Waals surface area contributed by atoms with Crippen molar-refractivity contribution in [3.05, 3.63) is 57.8 Å². The summed E-state index contributed by atoms with van der Waals surface area (Å²) in [5, 5.41) is 7.82. The molecule has 1 aliphatic carbocycles. The Morgan fingerprint density at radius 1 is 1.32 bits per heavy atom. The summed E-state index contributed by atoms with van der Waals surface area (Å²) in [5.74, 6) is 0.693. The Morgan fingerprint density at radius 3 is 2.92 bits per heavy atom. The van der Waals surface area contributed by atoms with Gasteiger partial charge in [-0.25, -0.2) is 9.78 Å². The Hall–Kier alpha value is -2.31. The van der Waals surface area contributed by atoms with Gasteiger partial charge in [-0.15, -0.1) is 0 Å². The first-order valence-electron chi connectivity index (χ1n) is 7.84. The molecule has 6 nitrogen and oxygen atoms in total. The number of rotatable bonds is 4. The van der Waals surface area contributed by atoms with Crippen LogP contribution < -0.4 is 10.1 Å². The number of amides is 1. The Labute approximate surface area is 153 Å². The summed E-state index contributed by atoms with van der Waals surface area (Å²) in [7, 11) is 0. The highest BCUT2D eigenvalue weighted by Crippen LogP contribution is 2.42. The summed E-state index contributed by atoms with van der Waals surface area (Å²) >= 11 is 12.0. The zero-order chi connectivity index (χ0) is 17.4. The molecule has 0 radical (unpaired) electrons. The van der Waals surface area contributed by atoms with Crippen molar-refractivity contribution < 1.29 is 9.53 Å². The van der Waals surface area contributed by atoms with Crippen LogP contribution in [-0.2, 0) is 6.54 Å². The number of fused-ring (bicyclic) bond motifs is 1. The van der Waals surface area contributed by atoms with Crippen molar-refractivity contribution in [3.63, 3.8) is 0 Å². The third-order valence-corrected chi connectivity index (χ3v) is 4.40. The lowest BCUT2D eigenvalue weighted by atomic mass is 10.2. The summed E-state index contributed by atoms with van der Waals surface area (Å²) in [6.45, 7) is 0.299. The molecule has 0 spiro atoms. The number of nitrogens with one attached hydrogen (secondary N) is 1. The lowest BCUT2D eigenvalue weighted by molar-refractivity contribution is 0.197. The van der Waals surface area contributed by atoms with Gasteiger partial charge in [0, 0.05) is 23.2 Å². The largest absolute Gasteiger partial charge is 0.414 e. The Bertz CT molecular complexity index is 953. The van der Waals surface area contributed by atoms with Crippen LogP contribution in [0, 0.1) is 0 Å². The number of aromatic nitrogens is 3. The second-order valence-electron chi connectivity index (χ2n) is 5.90. The summed E-state index contributed by atoms with van der Waals surface area (Å²) in [6.07, 6.45) is 3.39. The van der Waals surface area contributed by atoms with Gasteiger partial charge in [0.05, 0.1) is 6.20 Å². The highest BCUT2D eigenvalue weighted by molar-refractivity contribution is 6.30. The zero-order valence-electron chi connectivity index (χ0n) is 13.1. The van der Waals surface area contributed by atoms with Gasteiger partial charge in [-0.05, 0) is 36.5 Å². The van der Waals surface area contributed by atoms with Crippen molar-refractivity contribution in [2.24, 2.45) is 0 Å². The lowest BCUT2D eigenvalue weighted by Gasteiger charge is -2.09. The Balaban J connectivity index is 1.51. The molecule has 0 saturated heterocycles. The molecule has 2 heterocycles. The fraction of sp³-hybridized carbons (Fsp3) is 0.235. The second-order valence-corrected chi connectivity index (χ2v) is 6.72. The van der Waals surface area contributed by atoms with Crippen LogP contribution in [0.4, 0.5) is 4.79 Å². The smallest absolute Gasteiger partial charge is 0.391 e. The van der Waals surface area contributed by atoms with E-state index in [0.717, 1.165) is 24.0 Å². The van der Waals surface area contributed by atoms with Crippen LogP contribution in [0.5, 0.6) is 5.88 Å². The molecule has 3 aromatic rings. The predicted molar refractivity (Wildman–Crippen MR) is 94.3 cm³/mol. The quantitative estimate of drug-likeness (QED) is 0.692. The first-order chi connectivity index (χ1) is 12.1. The molecule has 1 aliphatic rings. The molecule has 25 heavy (non-hydrogen) atoms. The molecule has 0 atom stereocenters. The van der Waals surface area contributed by atoms with Crippen molar-refractivity contribution in [2.45, 2.75) is 25.3 Å². The zero-order valence-corrected chi connectivity index (χ0v) is 14.6. The van der Waals surface area contributed by atoms with Gasteiger partial charge < -0.3 is 10.1 Å². The maximum atomic E-state index is 12.1. The van der Waals surface area contributed by atoms with Crippen LogP contribution in [0.2, 0.25) is 10.2 Å². The molecule has 0 aliphatic heterocycles.